The largest absolute Gasteiger partial charge is 0.362 e. The summed E-state index contributed by atoms with van der Waals surface area (Å²) in [6.07, 6.45) is 4.99. The van der Waals surface area contributed by atoms with E-state index in [9.17, 15) is 0 Å². The van der Waals surface area contributed by atoms with E-state index >= 15 is 0 Å². The van der Waals surface area contributed by atoms with Gasteiger partial charge in [0.25, 0.3) is 0 Å². The second-order valence-electron chi connectivity index (χ2n) is 4.92. The highest BCUT2D eigenvalue weighted by molar-refractivity contribution is 6.15. The molecule has 2 nitrogen and oxygen atoms in total. The molecule has 1 atom stereocenters. The SMILES string of the molecule is [B]C1(N)CCCc2c([nH]c(C)c2C)CC1. The van der Waals surface area contributed by atoms with E-state index < -0.39 is 5.44 Å². The number of H-pyrrole nitrogens is 1. The summed E-state index contributed by atoms with van der Waals surface area (Å²) in [6.45, 7) is 4.34. The van der Waals surface area contributed by atoms with Gasteiger partial charge >= 0.3 is 0 Å². The number of aromatic amines is 1. The minimum absolute atomic E-state index is 0.468. The highest BCUT2D eigenvalue weighted by Gasteiger charge is 2.22. The van der Waals surface area contributed by atoms with Crippen LogP contribution in [0.15, 0.2) is 0 Å². The predicted octanol–water partition coefficient (Wildman–Crippen LogP) is 1.72. The van der Waals surface area contributed by atoms with Crippen molar-refractivity contribution < 1.29 is 0 Å². The van der Waals surface area contributed by atoms with Gasteiger partial charge in [0.05, 0.1) is 7.85 Å². The van der Waals surface area contributed by atoms with Gasteiger partial charge in [-0.05, 0) is 62.5 Å². The van der Waals surface area contributed by atoms with Crippen molar-refractivity contribution in [2.45, 2.75) is 51.4 Å². The lowest BCUT2D eigenvalue weighted by Gasteiger charge is -2.27. The minimum atomic E-state index is -0.468. The van der Waals surface area contributed by atoms with Gasteiger partial charge in [0, 0.05) is 11.4 Å². The van der Waals surface area contributed by atoms with Gasteiger partial charge in [-0.1, -0.05) is 0 Å². The van der Waals surface area contributed by atoms with Crippen molar-refractivity contribution in [2.24, 2.45) is 5.73 Å². The van der Waals surface area contributed by atoms with E-state index in [1.54, 1.807) is 0 Å². The van der Waals surface area contributed by atoms with E-state index in [0.717, 1.165) is 32.1 Å². The molecule has 2 rings (SSSR count). The van der Waals surface area contributed by atoms with Crippen LogP contribution in [0.3, 0.4) is 0 Å². The molecule has 1 aromatic heterocycles. The third-order valence-corrected chi connectivity index (χ3v) is 3.63. The Hall–Kier alpha value is -0.695. The molecule has 0 amide bonds. The Labute approximate surface area is 93.0 Å². The highest BCUT2D eigenvalue weighted by Crippen LogP contribution is 2.26. The van der Waals surface area contributed by atoms with Crippen LogP contribution >= 0.6 is 0 Å². The third kappa shape index (κ3) is 2.12. The Morgan fingerprint density at radius 3 is 2.73 bits per heavy atom. The molecule has 1 heterocycles. The van der Waals surface area contributed by atoms with Crippen LogP contribution in [0, 0.1) is 13.8 Å². The average Bonchev–Trinajstić information content (AvgIpc) is 2.40. The molecule has 0 aromatic carbocycles. The van der Waals surface area contributed by atoms with Gasteiger partial charge in [0.15, 0.2) is 0 Å². The zero-order valence-electron chi connectivity index (χ0n) is 9.69. The maximum atomic E-state index is 6.01. The molecular formula is C12H19BN2. The monoisotopic (exact) mass is 202 g/mol. The fraction of sp³-hybridized carbons (Fsp3) is 0.667. The van der Waals surface area contributed by atoms with Crippen LogP contribution in [-0.2, 0) is 12.8 Å². The Balaban J connectivity index is 2.29. The summed E-state index contributed by atoms with van der Waals surface area (Å²) in [5, 5.41) is 0. The Morgan fingerprint density at radius 1 is 1.27 bits per heavy atom. The van der Waals surface area contributed by atoms with E-state index in [1.165, 1.54) is 22.5 Å². The van der Waals surface area contributed by atoms with E-state index in [0.29, 0.717) is 0 Å². The first-order valence-electron chi connectivity index (χ1n) is 5.74. The van der Waals surface area contributed by atoms with E-state index in [2.05, 4.69) is 18.8 Å². The normalized spacial score (nSPS) is 26.9. The zero-order valence-corrected chi connectivity index (χ0v) is 9.69. The van der Waals surface area contributed by atoms with Crippen molar-refractivity contribution in [1.29, 1.82) is 0 Å². The second kappa shape index (κ2) is 3.71. The number of aryl methyl sites for hydroxylation is 2. The fourth-order valence-electron chi connectivity index (χ4n) is 2.48. The van der Waals surface area contributed by atoms with Gasteiger partial charge < -0.3 is 10.7 Å². The Kier molecular flexibility index (Phi) is 2.67. The van der Waals surface area contributed by atoms with Crippen LogP contribution < -0.4 is 5.73 Å². The van der Waals surface area contributed by atoms with E-state index in [-0.39, 0.29) is 0 Å². The molecule has 80 valence electrons. The molecule has 1 aromatic rings. The molecule has 1 aliphatic rings. The van der Waals surface area contributed by atoms with Gasteiger partial charge in [0.1, 0.15) is 0 Å². The first kappa shape index (κ1) is 10.8. The molecule has 1 aliphatic carbocycles. The van der Waals surface area contributed by atoms with Crippen LogP contribution in [0.1, 0.15) is 41.8 Å². The van der Waals surface area contributed by atoms with Crippen molar-refractivity contribution in [2.75, 3.05) is 0 Å². The first-order valence-corrected chi connectivity index (χ1v) is 5.74. The molecule has 0 bridgehead atoms. The number of nitrogens with one attached hydrogen (secondary N) is 1. The number of rotatable bonds is 0. The summed E-state index contributed by atoms with van der Waals surface area (Å²) in [6, 6.07) is 0. The van der Waals surface area contributed by atoms with Gasteiger partial charge in [-0.2, -0.15) is 0 Å². The molecule has 0 fully saturated rings. The lowest BCUT2D eigenvalue weighted by Crippen LogP contribution is -2.41. The molecular weight excluding hydrogens is 183 g/mol. The van der Waals surface area contributed by atoms with Crippen molar-refractivity contribution in [3.05, 3.63) is 22.5 Å². The van der Waals surface area contributed by atoms with Crippen LogP contribution in [0.5, 0.6) is 0 Å². The quantitative estimate of drug-likeness (QED) is 0.618. The van der Waals surface area contributed by atoms with Gasteiger partial charge in [-0.15, -0.1) is 0 Å². The molecule has 2 radical (unpaired) electrons. The van der Waals surface area contributed by atoms with Crippen molar-refractivity contribution in [1.82, 2.24) is 4.98 Å². The number of nitrogens with two attached hydrogens (primary N) is 1. The maximum absolute atomic E-state index is 6.01. The smallest absolute Gasteiger partial charge is 0.0950 e. The molecule has 0 spiro atoms. The summed E-state index contributed by atoms with van der Waals surface area (Å²) in [4.78, 5) is 3.46. The first-order chi connectivity index (χ1) is 6.99. The van der Waals surface area contributed by atoms with E-state index in [4.69, 9.17) is 13.6 Å². The number of aromatic nitrogens is 1. The summed E-state index contributed by atoms with van der Waals surface area (Å²) < 4.78 is 0. The van der Waals surface area contributed by atoms with Gasteiger partial charge in [0.2, 0.25) is 0 Å². The molecule has 3 heteroatoms. The Bertz CT molecular complexity index is 366. The number of hydrogen-bond donors (Lipinski definition) is 2. The van der Waals surface area contributed by atoms with Crippen molar-refractivity contribution in [3.63, 3.8) is 0 Å². The number of hydrogen-bond acceptors (Lipinski definition) is 1. The fourth-order valence-corrected chi connectivity index (χ4v) is 2.48. The Morgan fingerprint density at radius 2 is 2.00 bits per heavy atom. The number of fused-ring (bicyclic) bond motifs is 1. The highest BCUT2D eigenvalue weighted by atomic mass is 14.7. The lowest BCUT2D eigenvalue weighted by atomic mass is 9.70. The molecule has 0 saturated carbocycles. The molecule has 0 aliphatic heterocycles. The van der Waals surface area contributed by atoms with Crippen molar-refractivity contribution in [3.8, 4) is 0 Å². The summed E-state index contributed by atoms with van der Waals surface area (Å²) in [5.74, 6) is 0. The van der Waals surface area contributed by atoms with Crippen LogP contribution in [-0.4, -0.2) is 18.3 Å². The van der Waals surface area contributed by atoms with Crippen molar-refractivity contribution >= 4 is 7.85 Å². The average molecular weight is 202 g/mol. The molecule has 3 N–H and O–H groups in total. The standard InChI is InChI=1S/C12H19BN2/c1-8-9(2)15-11-5-7-12(13,14)6-3-4-10(8)11/h15H,3-7,14H2,1-2H3. The summed E-state index contributed by atoms with van der Waals surface area (Å²) >= 11 is 0. The van der Waals surface area contributed by atoms with Crippen LogP contribution in [0.2, 0.25) is 0 Å². The molecule has 15 heavy (non-hydrogen) atoms. The minimum Gasteiger partial charge on any atom is -0.362 e. The zero-order chi connectivity index (χ0) is 11.1. The van der Waals surface area contributed by atoms with Crippen LogP contribution in [0.25, 0.3) is 0 Å². The molecule has 1 unspecified atom stereocenters. The topological polar surface area (TPSA) is 41.8 Å². The predicted molar refractivity (Wildman–Crippen MR) is 64.2 cm³/mol. The third-order valence-electron chi connectivity index (χ3n) is 3.63. The lowest BCUT2D eigenvalue weighted by molar-refractivity contribution is 0.474. The molecule has 0 saturated heterocycles. The van der Waals surface area contributed by atoms with Crippen LogP contribution in [0.4, 0.5) is 0 Å². The maximum Gasteiger partial charge on any atom is 0.0950 e. The summed E-state index contributed by atoms with van der Waals surface area (Å²) in [7, 11) is 6.01. The van der Waals surface area contributed by atoms with E-state index in [1.807, 2.05) is 0 Å². The van der Waals surface area contributed by atoms with Gasteiger partial charge in [-0.25, -0.2) is 0 Å². The van der Waals surface area contributed by atoms with Gasteiger partial charge in [-0.3, -0.25) is 0 Å². The summed E-state index contributed by atoms with van der Waals surface area (Å²) in [5.41, 5.74) is 11.1. The second-order valence-corrected chi connectivity index (χ2v) is 4.92.